The molecule has 0 aliphatic carbocycles. The first-order valence-electron chi connectivity index (χ1n) is 6.70. The molecule has 2 aromatic carbocycles. The van der Waals surface area contributed by atoms with Crippen LogP contribution in [-0.2, 0) is 0 Å². The molecule has 0 aromatic heterocycles. The second kappa shape index (κ2) is 6.58. The number of nitrogens with zero attached hydrogens (tertiary/aromatic N) is 1. The highest BCUT2D eigenvalue weighted by Crippen LogP contribution is 2.20. The van der Waals surface area contributed by atoms with Gasteiger partial charge in [-0.2, -0.15) is 0 Å². The Labute approximate surface area is 133 Å². The maximum absolute atomic E-state index is 12.2. The highest BCUT2D eigenvalue weighted by atomic mass is 35.5. The minimum Gasteiger partial charge on any atom is -0.346 e. The van der Waals surface area contributed by atoms with E-state index in [-0.39, 0.29) is 17.6 Å². The third kappa shape index (κ3) is 3.62. The van der Waals surface area contributed by atoms with Gasteiger partial charge in [-0.3, -0.25) is 14.9 Å². The number of nitro groups is 1. The van der Waals surface area contributed by atoms with Crippen molar-refractivity contribution in [3.63, 3.8) is 0 Å². The van der Waals surface area contributed by atoms with Gasteiger partial charge in [-0.1, -0.05) is 23.7 Å². The largest absolute Gasteiger partial charge is 0.346 e. The lowest BCUT2D eigenvalue weighted by molar-refractivity contribution is -0.385. The fraction of sp³-hybridized carbons (Fsp3) is 0.188. The van der Waals surface area contributed by atoms with Crippen LogP contribution in [-0.4, -0.2) is 10.8 Å². The molecule has 5 nitrogen and oxygen atoms in total. The van der Waals surface area contributed by atoms with Gasteiger partial charge in [-0.15, -0.1) is 0 Å². The minimum atomic E-state index is -0.465. The molecule has 1 amide bonds. The predicted molar refractivity (Wildman–Crippen MR) is 85.2 cm³/mol. The second-order valence-electron chi connectivity index (χ2n) is 5.01. The molecule has 1 atom stereocenters. The number of nitro benzene ring substituents is 1. The summed E-state index contributed by atoms with van der Waals surface area (Å²) in [7, 11) is 0. The van der Waals surface area contributed by atoms with E-state index in [0.29, 0.717) is 16.1 Å². The summed E-state index contributed by atoms with van der Waals surface area (Å²) in [6.45, 7) is 3.47. The summed E-state index contributed by atoms with van der Waals surface area (Å²) in [5.74, 6) is -0.277. The molecule has 0 radical (unpaired) electrons. The van der Waals surface area contributed by atoms with Crippen LogP contribution >= 0.6 is 11.6 Å². The van der Waals surface area contributed by atoms with E-state index in [1.807, 2.05) is 19.1 Å². The Balaban J connectivity index is 2.13. The van der Waals surface area contributed by atoms with Gasteiger partial charge >= 0.3 is 0 Å². The van der Waals surface area contributed by atoms with Crippen molar-refractivity contribution in [1.29, 1.82) is 0 Å². The molecule has 114 valence electrons. The average Bonchev–Trinajstić information content (AvgIpc) is 2.47. The van der Waals surface area contributed by atoms with Crippen molar-refractivity contribution in [3.8, 4) is 0 Å². The van der Waals surface area contributed by atoms with Crippen LogP contribution in [0.1, 0.15) is 34.5 Å². The molecule has 2 rings (SSSR count). The lowest BCUT2D eigenvalue weighted by atomic mass is 10.1. The van der Waals surface area contributed by atoms with E-state index in [1.54, 1.807) is 19.1 Å². The van der Waals surface area contributed by atoms with Crippen molar-refractivity contribution in [2.75, 3.05) is 0 Å². The Hall–Kier alpha value is -2.40. The van der Waals surface area contributed by atoms with Gasteiger partial charge in [0.25, 0.3) is 11.6 Å². The van der Waals surface area contributed by atoms with E-state index in [0.717, 1.165) is 5.56 Å². The normalized spacial score (nSPS) is 11.8. The summed E-state index contributed by atoms with van der Waals surface area (Å²) in [5.41, 5.74) is 1.78. The van der Waals surface area contributed by atoms with E-state index in [2.05, 4.69) is 5.32 Å². The number of rotatable bonds is 4. The second-order valence-corrected chi connectivity index (χ2v) is 5.44. The summed E-state index contributed by atoms with van der Waals surface area (Å²) in [6, 6.07) is 11.3. The molecule has 22 heavy (non-hydrogen) atoms. The van der Waals surface area contributed by atoms with Gasteiger partial charge in [0.05, 0.1) is 11.0 Å². The number of nitrogens with one attached hydrogen (secondary N) is 1. The fourth-order valence-electron chi connectivity index (χ4n) is 2.12. The molecule has 2 aromatic rings. The van der Waals surface area contributed by atoms with E-state index in [4.69, 9.17) is 11.6 Å². The summed E-state index contributed by atoms with van der Waals surface area (Å²) in [5, 5.41) is 14.3. The number of halogens is 1. The van der Waals surface area contributed by atoms with Crippen LogP contribution in [0.4, 0.5) is 5.69 Å². The van der Waals surface area contributed by atoms with Crippen LogP contribution in [0.2, 0.25) is 5.02 Å². The molecule has 1 N–H and O–H groups in total. The average molecular weight is 319 g/mol. The summed E-state index contributed by atoms with van der Waals surface area (Å²) < 4.78 is 0. The van der Waals surface area contributed by atoms with Crippen molar-refractivity contribution in [3.05, 3.63) is 74.3 Å². The zero-order valence-electron chi connectivity index (χ0n) is 12.2. The van der Waals surface area contributed by atoms with Gasteiger partial charge < -0.3 is 5.32 Å². The smallest absolute Gasteiger partial charge is 0.272 e. The molecular weight excluding hydrogens is 304 g/mol. The number of carbonyl (C=O) groups excluding carboxylic acids is 1. The predicted octanol–water partition coefficient (Wildman–Crippen LogP) is 4.05. The number of hydrogen-bond acceptors (Lipinski definition) is 3. The van der Waals surface area contributed by atoms with Crippen LogP contribution in [0.25, 0.3) is 0 Å². The van der Waals surface area contributed by atoms with Crippen LogP contribution in [0.15, 0.2) is 42.5 Å². The first kappa shape index (κ1) is 16.0. The zero-order valence-corrected chi connectivity index (χ0v) is 12.9. The standard InChI is InChI=1S/C16H15ClN2O3/c1-10-9-13(5-8-15(10)19(21)22)16(20)18-11(2)12-3-6-14(17)7-4-12/h3-9,11H,1-2H3,(H,18,20). The SMILES string of the molecule is Cc1cc(C(=O)NC(C)c2ccc(Cl)cc2)ccc1[N+](=O)[O-]. The van der Waals surface area contributed by atoms with Crippen molar-refractivity contribution < 1.29 is 9.72 Å². The quantitative estimate of drug-likeness (QED) is 0.682. The molecule has 0 bridgehead atoms. The lowest BCUT2D eigenvalue weighted by Gasteiger charge is -2.14. The van der Waals surface area contributed by atoms with Gasteiger partial charge in [-0.25, -0.2) is 0 Å². The maximum atomic E-state index is 12.2. The van der Waals surface area contributed by atoms with Crippen molar-refractivity contribution >= 4 is 23.2 Å². The minimum absolute atomic E-state index is 0.00213. The van der Waals surface area contributed by atoms with Gasteiger partial charge in [-0.05, 0) is 43.7 Å². The molecule has 1 unspecified atom stereocenters. The van der Waals surface area contributed by atoms with Gasteiger partial charge in [0.15, 0.2) is 0 Å². The molecule has 0 aliphatic rings. The molecule has 6 heteroatoms. The number of carbonyl (C=O) groups is 1. The summed E-state index contributed by atoms with van der Waals surface area (Å²) >= 11 is 5.83. The number of amides is 1. The molecule has 0 saturated carbocycles. The third-order valence-electron chi connectivity index (χ3n) is 3.37. The molecule has 0 spiro atoms. The first-order chi connectivity index (χ1) is 10.4. The Bertz CT molecular complexity index is 714. The molecular formula is C16H15ClN2O3. The van der Waals surface area contributed by atoms with Crippen LogP contribution in [0.3, 0.4) is 0 Å². The van der Waals surface area contributed by atoms with Crippen molar-refractivity contribution in [2.45, 2.75) is 19.9 Å². The van der Waals surface area contributed by atoms with Gasteiger partial charge in [0.1, 0.15) is 0 Å². The summed E-state index contributed by atoms with van der Waals surface area (Å²) in [4.78, 5) is 22.5. The highest BCUT2D eigenvalue weighted by Gasteiger charge is 2.15. The van der Waals surface area contributed by atoms with Crippen LogP contribution in [0, 0.1) is 17.0 Å². The topological polar surface area (TPSA) is 72.2 Å². The highest BCUT2D eigenvalue weighted by molar-refractivity contribution is 6.30. The van der Waals surface area contributed by atoms with Gasteiger partial charge in [0.2, 0.25) is 0 Å². The lowest BCUT2D eigenvalue weighted by Crippen LogP contribution is -2.26. The maximum Gasteiger partial charge on any atom is 0.272 e. The zero-order chi connectivity index (χ0) is 16.3. The van der Waals surface area contributed by atoms with E-state index < -0.39 is 4.92 Å². The number of hydrogen-bond donors (Lipinski definition) is 1. The summed E-state index contributed by atoms with van der Waals surface area (Å²) in [6.07, 6.45) is 0. The van der Waals surface area contributed by atoms with E-state index in [1.165, 1.54) is 18.2 Å². The van der Waals surface area contributed by atoms with Gasteiger partial charge in [0, 0.05) is 22.2 Å². The van der Waals surface area contributed by atoms with Crippen molar-refractivity contribution in [2.24, 2.45) is 0 Å². The Morgan fingerprint density at radius 1 is 1.23 bits per heavy atom. The monoisotopic (exact) mass is 318 g/mol. The van der Waals surface area contributed by atoms with E-state index >= 15 is 0 Å². The molecule has 0 aliphatic heterocycles. The van der Waals surface area contributed by atoms with Crippen molar-refractivity contribution in [1.82, 2.24) is 5.32 Å². The van der Waals surface area contributed by atoms with Crippen LogP contribution < -0.4 is 5.32 Å². The third-order valence-corrected chi connectivity index (χ3v) is 3.63. The van der Waals surface area contributed by atoms with Crippen LogP contribution in [0.5, 0.6) is 0 Å². The fourth-order valence-corrected chi connectivity index (χ4v) is 2.24. The molecule has 0 fully saturated rings. The molecule has 0 saturated heterocycles. The number of benzene rings is 2. The first-order valence-corrected chi connectivity index (χ1v) is 7.07. The molecule has 0 heterocycles. The van der Waals surface area contributed by atoms with E-state index in [9.17, 15) is 14.9 Å². The Kier molecular flexibility index (Phi) is 4.78. The Morgan fingerprint density at radius 3 is 2.41 bits per heavy atom. The number of aryl methyl sites for hydroxylation is 1. The Morgan fingerprint density at radius 2 is 1.86 bits per heavy atom.